The number of nitrogens with two attached hydrogens (primary N) is 1. The molecular weight excluding hydrogens is 256 g/mol. The molecule has 1 aromatic rings. The van der Waals surface area contributed by atoms with Crippen molar-refractivity contribution in [2.45, 2.75) is 6.42 Å². The molecule has 102 valence electrons. The van der Waals surface area contributed by atoms with Crippen molar-refractivity contribution in [1.82, 2.24) is 5.32 Å². The second-order valence-electron chi connectivity index (χ2n) is 3.46. The molecule has 0 saturated heterocycles. The minimum absolute atomic E-state index is 0. The molecule has 1 amide bonds. The Morgan fingerprint density at radius 2 is 1.83 bits per heavy atom. The largest absolute Gasteiger partial charge is 0.496 e. The van der Waals surface area contributed by atoms with Crippen LogP contribution in [-0.2, 0) is 11.2 Å². The van der Waals surface area contributed by atoms with Crippen LogP contribution in [0.3, 0.4) is 0 Å². The highest BCUT2D eigenvalue weighted by atomic mass is 35.5. The zero-order valence-electron chi connectivity index (χ0n) is 10.6. The normalized spacial score (nSPS) is 9.28. The molecule has 0 aliphatic heterocycles. The first-order valence-corrected chi connectivity index (χ1v) is 5.39. The van der Waals surface area contributed by atoms with Crippen molar-refractivity contribution in [3.8, 4) is 11.5 Å². The molecule has 0 spiro atoms. The fraction of sp³-hybridized carbons (Fsp3) is 0.417. The summed E-state index contributed by atoms with van der Waals surface area (Å²) in [6, 6.07) is 5.42. The highest BCUT2D eigenvalue weighted by Gasteiger charge is 2.13. The summed E-state index contributed by atoms with van der Waals surface area (Å²) in [5, 5.41) is 2.71. The molecule has 5 nitrogen and oxygen atoms in total. The molecule has 0 bridgehead atoms. The standard InChI is InChI=1S/C12H18N2O3.ClH/c1-16-10-4-3-5-11(17-2)9(10)8-12(15)14-7-6-13;/h3-5H,6-8,13H2,1-2H3,(H,14,15);1H. The smallest absolute Gasteiger partial charge is 0.224 e. The van der Waals surface area contributed by atoms with E-state index in [1.165, 1.54) is 0 Å². The van der Waals surface area contributed by atoms with Gasteiger partial charge in [-0.15, -0.1) is 12.4 Å². The van der Waals surface area contributed by atoms with Gasteiger partial charge in [0.05, 0.1) is 20.6 Å². The predicted octanol–water partition coefficient (Wildman–Crippen LogP) is 0.743. The molecule has 0 radical (unpaired) electrons. The van der Waals surface area contributed by atoms with Crippen LogP contribution in [0, 0.1) is 0 Å². The van der Waals surface area contributed by atoms with Gasteiger partial charge >= 0.3 is 0 Å². The second kappa shape index (κ2) is 8.60. The number of amides is 1. The van der Waals surface area contributed by atoms with Gasteiger partial charge in [0.15, 0.2) is 0 Å². The van der Waals surface area contributed by atoms with Crippen molar-refractivity contribution >= 4 is 18.3 Å². The van der Waals surface area contributed by atoms with E-state index >= 15 is 0 Å². The quantitative estimate of drug-likeness (QED) is 0.803. The molecule has 0 atom stereocenters. The third-order valence-corrected chi connectivity index (χ3v) is 2.33. The van der Waals surface area contributed by atoms with Gasteiger partial charge in [0.25, 0.3) is 0 Å². The van der Waals surface area contributed by atoms with Crippen molar-refractivity contribution < 1.29 is 14.3 Å². The summed E-state index contributed by atoms with van der Waals surface area (Å²) in [4.78, 5) is 11.6. The van der Waals surface area contributed by atoms with Crippen LogP contribution in [0.25, 0.3) is 0 Å². The van der Waals surface area contributed by atoms with Crippen molar-refractivity contribution in [3.63, 3.8) is 0 Å². The fourth-order valence-corrected chi connectivity index (χ4v) is 1.54. The van der Waals surface area contributed by atoms with Gasteiger partial charge in [-0.05, 0) is 12.1 Å². The zero-order chi connectivity index (χ0) is 12.7. The molecule has 1 aromatic carbocycles. The van der Waals surface area contributed by atoms with E-state index in [0.29, 0.717) is 24.6 Å². The second-order valence-corrected chi connectivity index (χ2v) is 3.46. The number of hydrogen-bond donors (Lipinski definition) is 2. The van der Waals surface area contributed by atoms with Gasteiger partial charge < -0.3 is 20.5 Å². The summed E-state index contributed by atoms with van der Waals surface area (Å²) in [6.45, 7) is 0.894. The van der Waals surface area contributed by atoms with Crippen molar-refractivity contribution in [3.05, 3.63) is 23.8 Å². The minimum atomic E-state index is -0.0988. The van der Waals surface area contributed by atoms with Gasteiger partial charge in [0.2, 0.25) is 5.91 Å². The van der Waals surface area contributed by atoms with Gasteiger partial charge in [-0.25, -0.2) is 0 Å². The number of methoxy groups -OCH3 is 2. The maximum Gasteiger partial charge on any atom is 0.224 e. The summed E-state index contributed by atoms with van der Waals surface area (Å²) in [7, 11) is 3.13. The van der Waals surface area contributed by atoms with Crippen LogP contribution in [0.15, 0.2) is 18.2 Å². The Morgan fingerprint density at radius 3 is 2.28 bits per heavy atom. The molecule has 0 aliphatic rings. The predicted molar refractivity (Wildman–Crippen MR) is 72.6 cm³/mol. The average Bonchev–Trinajstić information content (AvgIpc) is 2.36. The SMILES string of the molecule is COc1cccc(OC)c1CC(=O)NCCN.Cl. The van der Waals surface area contributed by atoms with Crippen LogP contribution < -0.4 is 20.5 Å². The maximum atomic E-state index is 11.6. The Hall–Kier alpha value is -1.46. The van der Waals surface area contributed by atoms with Crippen molar-refractivity contribution in [2.75, 3.05) is 27.3 Å². The lowest BCUT2D eigenvalue weighted by Crippen LogP contribution is -2.30. The van der Waals surface area contributed by atoms with Crippen LogP contribution >= 0.6 is 12.4 Å². The van der Waals surface area contributed by atoms with Crippen LogP contribution in [0.2, 0.25) is 0 Å². The van der Waals surface area contributed by atoms with E-state index in [1.807, 2.05) is 6.07 Å². The van der Waals surface area contributed by atoms with Gasteiger partial charge in [0.1, 0.15) is 11.5 Å². The molecule has 18 heavy (non-hydrogen) atoms. The lowest BCUT2D eigenvalue weighted by molar-refractivity contribution is -0.120. The average molecular weight is 275 g/mol. The third kappa shape index (κ3) is 4.43. The third-order valence-electron chi connectivity index (χ3n) is 2.33. The molecule has 0 aliphatic carbocycles. The molecule has 0 aromatic heterocycles. The number of nitrogens with one attached hydrogen (secondary N) is 1. The molecule has 6 heteroatoms. The summed E-state index contributed by atoms with van der Waals surface area (Å²) < 4.78 is 10.4. The van der Waals surface area contributed by atoms with E-state index in [0.717, 1.165) is 5.56 Å². The van der Waals surface area contributed by atoms with E-state index in [9.17, 15) is 4.79 Å². The molecular formula is C12H19ClN2O3. The highest BCUT2D eigenvalue weighted by molar-refractivity contribution is 5.85. The van der Waals surface area contributed by atoms with Gasteiger partial charge in [-0.3, -0.25) is 4.79 Å². The number of halogens is 1. The van der Waals surface area contributed by atoms with Crippen molar-refractivity contribution in [1.29, 1.82) is 0 Å². The number of carbonyl (C=O) groups is 1. The Bertz CT molecular complexity index is 363. The molecule has 1 rings (SSSR count). The summed E-state index contributed by atoms with van der Waals surface area (Å²) in [5.74, 6) is 1.19. The van der Waals surface area contributed by atoms with E-state index in [-0.39, 0.29) is 24.7 Å². The first-order chi connectivity index (χ1) is 8.22. The summed E-state index contributed by atoms with van der Waals surface area (Å²) in [6.07, 6.45) is 0.215. The summed E-state index contributed by atoms with van der Waals surface area (Å²) in [5.41, 5.74) is 6.06. The molecule has 0 unspecified atom stereocenters. The number of rotatable bonds is 6. The van der Waals surface area contributed by atoms with Crippen LogP contribution in [0.5, 0.6) is 11.5 Å². The van der Waals surface area contributed by atoms with Crippen LogP contribution in [-0.4, -0.2) is 33.2 Å². The van der Waals surface area contributed by atoms with Crippen LogP contribution in [0.4, 0.5) is 0 Å². The molecule has 0 heterocycles. The Kier molecular flexibility index (Phi) is 7.91. The number of ether oxygens (including phenoxy) is 2. The number of hydrogen-bond acceptors (Lipinski definition) is 4. The maximum absolute atomic E-state index is 11.6. The zero-order valence-corrected chi connectivity index (χ0v) is 11.4. The minimum Gasteiger partial charge on any atom is -0.496 e. The van der Waals surface area contributed by atoms with E-state index in [2.05, 4.69) is 5.32 Å². The first-order valence-electron chi connectivity index (χ1n) is 5.39. The van der Waals surface area contributed by atoms with Gasteiger partial charge in [-0.1, -0.05) is 6.07 Å². The molecule has 3 N–H and O–H groups in total. The monoisotopic (exact) mass is 274 g/mol. The Balaban J connectivity index is 0.00000289. The Labute approximate surface area is 113 Å². The Morgan fingerprint density at radius 1 is 1.28 bits per heavy atom. The lowest BCUT2D eigenvalue weighted by atomic mass is 10.1. The number of carbonyl (C=O) groups excluding carboxylic acids is 1. The summed E-state index contributed by atoms with van der Waals surface area (Å²) >= 11 is 0. The van der Waals surface area contributed by atoms with Crippen LogP contribution in [0.1, 0.15) is 5.56 Å². The van der Waals surface area contributed by atoms with Crippen molar-refractivity contribution in [2.24, 2.45) is 5.73 Å². The van der Waals surface area contributed by atoms with E-state index in [4.69, 9.17) is 15.2 Å². The first kappa shape index (κ1) is 16.5. The van der Waals surface area contributed by atoms with E-state index < -0.39 is 0 Å². The van der Waals surface area contributed by atoms with Gasteiger partial charge in [-0.2, -0.15) is 0 Å². The van der Waals surface area contributed by atoms with Gasteiger partial charge in [0, 0.05) is 18.7 Å². The highest BCUT2D eigenvalue weighted by Crippen LogP contribution is 2.28. The number of benzene rings is 1. The lowest BCUT2D eigenvalue weighted by Gasteiger charge is -2.12. The fourth-order valence-electron chi connectivity index (χ4n) is 1.54. The topological polar surface area (TPSA) is 73.6 Å². The molecule has 0 fully saturated rings. The molecule has 0 saturated carbocycles. The van der Waals surface area contributed by atoms with E-state index in [1.54, 1.807) is 26.4 Å².